The van der Waals surface area contributed by atoms with Crippen LogP contribution in [0.25, 0.3) is 0 Å². The summed E-state index contributed by atoms with van der Waals surface area (Å²) >= 11 is 0. The van der Waals surface area contributed by atoms with E-state index in [0.717, 1.165) is 16.7 Å². The molecule has 2 amide bonds. The maximum absolute atomic E-state index is 12.8. The van der Waals surface area contributed by atoms with Gasteiger partial charge in [0, 0.05) is 13.6 Å². The van der Waals surface area contributed by atoms with E-state index >= 15 is 0 Å². The van der Waals surface area contributed by atoms with Crippen LogP contribution in [0.5, 0.6) is 0 Å². The Morgan fingerprint density at radius 2 is 1.62 bits per heavy atom. The van der Waals surface area contributed by atoms with Gasteiger partial charge in [-0.3, -0.25) is 9.59 Å². The third-order valence-electron chi connectivity index (χ3n) is 4.09. The highest BCUT2D eigenvalue weighted by molar-refractivity contribution is 5.88. The molecule has 0 heterocycles. The molecule has 0 saturated carbocycles. The Balaban J connectivity index is 2.18. The van der Waals surface area contributed by atoms with E-state index < -0.39 is 6.04 Å². The summed E-state index contributed by atoms with van der Waals surface area (Å²) in [5.74, 6) is -0.220. The van der Waals surface area contributed by atoms with Crippen molar-refractivity contribution in [2.24, 2.45) is 0 Å². The van der Waals surface area contributed by atoms with E-state index in [2.05, 4.69) is 5.32 Å². The van der Waals surface area contributed by atoms with Crippen LogP contribution in [-0.2, 0) is 22.6 Å². The van der Waals surface area contributed by atoms with Gasteiger partial charge in [-0.1, -0.05) is 60.2 Å². The van der Waals surface area contributed by atoms with Crippen LogP contribution >= 0.6 is 0 Å². The molecule has 0 aliphatic heterocycles. The molecule has 126 valence electrons. The molecular weight excluding hydrogens is 300 g/mol. The van der Waals surface area contributed by atoms with Gasteiger partial charge >= 0.3 is 0 Å². The zero-order valence-corrected chi connectivity index (χ0v) is 14.5. The van der Waals surface area contributed by atoms with Crippen LogP contribution in [0, 0.1) is 6.92 Å². The molecule has 1 N–H and O–H groups in total. The Kier molecular flexibility index (Phi) is 6.13. The standard InChI is InChI=1S/C20H24N2O2/c1-15-9-11-17(12-10-15)13-19(23)22(16(2)20(24)21-3)14-18-7-5-4-6-8-18/h4-12,16H,13-14H2,1-3H3,(H,21,24). The summed E-state index contributed by atoms with van der Waals surface area (Å²) in [6.45, 7) is 4.19. The minimum Gasteiger partial charge on any atom is -0.357 e. The van der Waals surface area contributed by atoms with Crippen molar-refractivity contribution in [2.45, 2.75) is 32.9 Å². The Morgan fingerprint density at radius 3 is 2.21 bits per heavy atom. The van der Waals surface area contributed by atoms with Crippen molar-refractivity contribution < 1.29 is 9.59 Å². The number of benzene rings is 2. The van der Waals surface area contributed by atoms with E-state index in [-0.39, 0.29) is 18.2 Å². The molecule has 1 atom stereocenters. The largest absolute Gasteiger partial charge is 0.357 e. The van der Waals surface area contributed by atoms with Gasteiger partial charge in [-0.2, -0.15) is 0 Å². The predicted octanol–water partition coefficient (Wildman–Crippen LogP) is 2.70. The average Bonchev–Trinajstić information content (AvgIpc) is 2.61. The molecule has 4 heteroatoms. The molecule has 0 bridgehead atoms. The van der Waals surface area contributed by atoms with Crippen LogP contribution in [0.3, 0.4) is 0 Å². The van der Waals surface area contributed by atoms with Gasteiger partial charge in [0.25, 0.3) is 0 Å². The highest BCUT2D eigenvalue weighted by Gasteiger charge is 2.25. The van der Waals surface area contributed by atoms with Crippen molar-refractivity contribution in [1.29, 1.82) is 0 Å². The zero-order valence-electron chi connectivity index (χ0n) is 14.5. The first-order chi connectivity index (χ1) is 11.5. The number of hydrogen-bond acceptors (Lipinski definition) is 2. The normalized spacial score (nSPS) is 11.6. The summed E-state index contributed by atoms with van der Waals surface area (Å²) in [6, 6.07) is 17.1. The van der Waals surface area contributed by atoms with E-state index in [0.29, 0.717) is 6.54 Å². The molecule has 24 heavy (non-hydrogen) atoms. The van der Waals surface area contributed by atoms with Crippen molar-refractivity contribution in [3.8, 4) is 0 Å². The molecule has 2 aromatic rings. The number of carbonyl (C=O) groups is 2. The molecular formula is C20H24N2O2. The summed E-state index contributed by atoms with van der Waals surface area (Å²) in [5, 5.41) is 2.62. The molecule has 2 aromatic carbocycles. The number of rotatable bonds is 6. The zero-order chi connectivity index (χ0) is 17.5. The number of hydrogen-bond donors (Lipinski definition) is 1. The molecule has 0 aromatic heterocycles. The fourth-order valence-corrected chi connectivity index (χ4v) is 2.55. The van der Waals surface area contributed by atoms with Crippen LogP contribution < -0.4 is 5.32 Å². The SMILES string of the molecule is CNC(=O)C(C)N(Cc1ccccc1)C(=O)Cc1ccc(C)cc1. The second kappa shape index (κ2) is 8.29. The average molecular weight is 324 g/mol. The Hall–Kier alpha value is -2.62. The van der Waals surface area contributed by atoms with Crippen LogP contribution in [0.1, 0.15) is 23.6 Å². The maximum atomic E-state index is 12.8. The van der Waals surface area contributed by atoms with E-state index in [1.807, 2.05) is 61.5 Å². The molecule has 0 aliphatic carbocycles. The first-order valence-electron chi connectivity index (χ1n) is 8.12. The van der Waals surface area contributed by atoms with Gasteiger partial charge in [0.2, 0.25) is 11.8 Å². The second-order valence-electron chi connectivity index (χ2n) is 5.96. The van der Waals surface area contributed by atoms with Gasteiger partial charge in [-0.25, -0.2) is 0 Å². The van der Waals surface area contributed by atoms with Gasteiger partial charge in [-0.05, 0) is 25.0 Å². The maximum Gasteiger partial charge on any atom is 0.242 e. The topological polar surface area (TPSA) is 49.4 Å². The van der Waals surface area contributed by atoms with E-state index in [1.54, 1.807) is 18.9 Å². The highest BCUT2D eigenvalue weighted by Crippen LogP contribution is 2.13. The van der Waals surface area contributed by atoms with Gasteiger partial charge in [-0.15, -0.1) is 0 Å². The number of nitrogens with one attached hydrogen (secondary N) is 1. The van der Waals surface area contributed by atoms with Crippen LogP contribution in [0.15, 0.2) is 54.6 Å². The lowest BCUT2D eigenvalue weighted by Crippen LogP contribution is -2.47. The molecule has 0 aliphatic rings. The number of aryl methyl sites for hydroxylation is 1. The smallest absolute Gasteiger partial charge is 0.242 e. The highest BCUT2D eigenvalue weighted by atomic mass is 16.2. The molecule has 0 spiro atoms. The van der Waals surface area contributed by atoms with Crippen molar-refractivity contribution in [3.05, 3.63) is 71.3 Å². The number of amides is 2. The van der Waals surface area contributed by atoms with Gasteiger partial charge in [0.15, 0.2) is 0 Å². The van der Waals surface area contributed by atoms with Crippen LogP contribution in [0.4, 0.5) is 0 Å². The van der Waals surface area contributed by atoms with Gasteiger partial charge in [0.05, 0.1) is 6.42 Å². The lowest BCUT2D eigenvalue weighted by Gasteiger charge is -2.28. The second-order valence-corrected chi connectivity index (χ2v) is 5.96. The Bertz CT molecular complexity index is 681. The Morgan fingerprint density at radius 1 is 1.00 bits per heavy atom. The quantitative estimate of drug-likeness (QED) is 0.888. The van der Waals surface area contributed by atoms with Crippen LogP contribution in [-0.4, -0.2) is 29.8 Å². The fourth-order valence-electron chi connectivity index (χ4n) is 2.55. The molecule has 0 radical (unpaired) electrons. The third-order valence-corrected chi connectivity index (χ3v) is 4.09. The molecule has 1 unspecified atom stereocenters. The molecule has 0 fully saturated rings. The number of nitrogens with zero attached hydrogens (tertiary/aromatic N) is 1. The minimum absolute atomic E-state index is 0.0567. The van der Waals surface area contributed by atoms with Crippen LogP contribution in [0.2, 0.25) is 0 Å². The van der Waals surface area contributed by atoms with Crippen molar-refractivity contribution in [1.82, 2.24) is 10.2 Å². The van der Waals surface area contributed by atoms with Crippen molar-refractivity contribution in [2.75, 3.05) is 7.05 Å². The van der Waals surface area contributed by atoms with Crippen molar-refractivity contribution >= 4 is 11.8 Å². The van der Waals surface area contributed by atoms with E-state index in [4.69, 9.17) is 0 Å². The summed E-state index contributed by atoms with van der Waals surface area (Å²) in [6.07, 6.45) is 0.286. The molecule has 2 rings (SSSR count). The first-order valence-corrected chi connectivity index (χ1v) is 8.12. The fraction of sp³-hybridized carbons (Fsp3) is 0.300. The lowest BCUT2D eigenvalue weighted by molar-refractivity contribution is -0.139. The van der Waals surface area contributed by atoms with Gasteiger partial charge in [0.1, 0.15) is 6.04 Å². The van der Waals surface area contributed by atoms with Crippen molar-refractivity contribution in [3.63, 3.8) is 0 Å². The number of likely N-dealkylation sites (N-methyl/N-ethyl adjacent to an activating group) is 1. The molecule has 0 saturated heterocycles. The monoisotopic (exact) mass is 324 g/mol. The first kappa shape index (κ1) is 17.7. The summed E-state index contributed by atoms with van der Waals surface area (Å²) in [4.78, 5) is 26.5. The molecule has 4 nitrogen and oxygen atoms in total. The minimum atomic E-state index is -0.520. The summed E-state index contributed by atoms with van der Waals surface area (Å²) in [7, 11) is 1.59. The Labute approximate surface area is 143 Å². The van der Waals surface area contributed by atoms with E-state index in [9.17, 15) is 9.59 Å². The lowest BCUT2D eigenvalue weighted by atomic mass is 10.1. The summed E-state index contributed by atoms with van der Waals surface area (Å²) in [5.41, 5.74) is 3.12. The van der Waals surface area contributed by atoms with Gasteiger partial charge < -0.3 is 10.2 Å². The summed E-state index contributed by atoms with van der Waals surface area (Å²) < 4.78 is 0. The van der Waals surface area contributed by atoms with E-state index in [1.165, 1.54) is 0 Å². The number of carbonyl (C=O) groups excluding carboxylic acids is 2. The third kappa shape index (κ3) is 4.69. The predicted molar refractivity (Wildman–Crippen MR) is 95.4 cm³/mol.